The second-order valence-corrected chi connectivity index (χ2v) is 10.8. The van der Waals surface area contributed by atoms with Crippen LogP contribution in [0, 0.1) is 5.92 Å². The van der Waals surface area contributed by atoms with Gasteiger partial charge < -0.3 is 4.98 Å². The standard InChI is InChI=1S/C10H23NSi/c1-10(2,3)12(4,5)11-8-9-6-7-9/h9,11H,6-8H2,1-5H3. The number of hydrogen-bond donors (Lipinski definition) is 1. The molecule has 0 spiro atoms. The topological polar surface area (TPSA) is 12.0 Å². The van der Waals surface area contributed by atoms with E-state index in [0.29, 0.717) is 5.04 Å². The van der Waals surface area contributed by atoms with Gasteiger partial charge in [0.2, 0.25) is 0 Å². The van der Waals surface area contributed by atoms with Crippen LogP contribution in [0.2, 0.25) is 18.1 Å². The molecule has 0 aromatic rings. The van der Waals surface area contributed by atoms with Crippen molar-refractivity contribution in [2.45, 2.75) is 51.7 Å². The van der Waals surface area contributed by atoms with Crippen LogP contribution in [0.5, 0.6) is 0 Å². The van der Waals surface area contributed by atoms with Crippen molar-refractivity contribution >= 4 is 8.24 Å². The molecule has 0 unspecified atom stereocenters. The van der Waals surface area contributed by atoms with Crippen LogP contribution in [0.1, 0.15) is 33.6 Å². The van der Waals surface area contributed by atoms with Gasteiger partial charge in [-0.1, -0.05) is 33.9 Å². The fourth-order valence-electron chi connectivity index (χ4n) is 0.987. The third-order valence-electron chi connectivity index (χ3n) is 3.40. The second kappa shape index (κ2) is 3.15. The minimum Gasteiger partial charge on any atom is -0.337 e. The fraction of sp³-hybridized carbons (Fsp3) is 1.00. The average molecular weight is 185 g/mol. The zero-order valence-electron chi connectivity index (χ0n) is 9.20. The summed E-state index contributed by atoms with van der Waals surface area (Å²) in [5, 5.41) is 0.488. The van der Waals surface area contributed by atoms with Crippen molar-refractivity contribution in [1.82, 2.24) is 4.98 Å². The van der Waals surface area contributed by atoms with Gasteiger partial charge >= 0.3 is 0 Å². The maximum Gasteiger partial charge on any atom is 0.124 e. The third kappa shape index (κ3) is 2.59. The largest absolute Gasteiger partial charge is 0.337 e. The molecule has 1 rings (SSSR count). The zero-order valence-corrected chi connectivity index (χ0v) is 10.2. The molecule has 0 amide bonds. The SMILES string of the molecule is CC(C)(C)[Si](C)(C)NCC1CC1. The van der Waals surface area contributed by atoms with Crippen molar-refractivity contribution in [2.24, 2.45) is 5.92 Å². The Bertz CT molecular complexity index is 154. The minimum atomic E-state index is -1.18. The van der Waals surface area contributed by atoms with Gasteiger partial charge in [0.15, 0.2) is 0 Å². The summed E-state index contributed by atoms with van der Waals surface area (Å²) >= 11 is 0. The molecule has 1 nitrogen and oxygen atoms in total. The molecular formula is C10H23NSi. The lowest BCUT2D eigenvalue weighted by Gasteiger charge is -2.37. The van der Waals surface area contributed by atoms with Crippen molar-refractivity contribution < 1.29 is 0 Å². The highest BCUT2D eigenvalue weighted by atomic mass is 28.3. The maximum atomic E-state index is 3.80. The maximum absolute atomic E-state index is 3.80. The number of nitrogens with one attached hydrogen (secondary N) is 1. The molecular weight excluding hydrogens is 162 g/mol. The molecule has 1 aliphatic carbocycles. The van der Waals surface area contributed by atoms with E-state index in [-0.39, 0.29) is 0 Å². The van der Waals surface area contributed by atoms with Crippen molar-refractivity contribution in [3.05, 3.63) is 0 Å². The van der Waals surface area contributed by atoms with Gasteiger partial charge in [-0.15, -0.1) is 0 Å². The van der Waals surface area contributed by atoms with Crippen LogP contribution in [0.4, 0.5) is 0 Å². The van der Waals surface area contributed by atoms with Crippen molar-refractivity contribution in [1.29, 1.82) is 0 Å². The van der Waals surface area contributed by atoms with E-state index in [1.165, 1.54) is 19.4 Å². The predicted molar refractivity (Wildman–Crippen MR) is 57.9 cm³/mol. The Morgan fingerprint density at radius 3 is 2.08 bits per heavy atom. The summed E-state index contributed by atoms with van der Waals surface area (Å²) in [6, 6.07) is 0. The van der Waals surface area contributed by atoms with E-state index < -0.39 is 8.24 Å². The Kier molecular flexibility index (Phi) is 2.69. The first-order valence-electron chi connectivity index (χ1n) is 5.08. The van der Waals surface area contributed by atoms with Gasteiger partial charge in [0, 0.05) is 0 Å². The monoisotopic (exact) mass is 185 g/mol. The molecule has 0 saturated heterocycles. The van der Waals surface area contributed by atoms with E-state index in [4.69, 9.17) is 0 Å². The van der Waals surface area contributed by atoms with Crippen molar-refractivity contribution in [3.8, 4) is 0 Å². The van der Waals surface area contributed by atoms with Gasteiger partial charge in [-0.05, 0) is 30.3 Å². The van der Waals surface area contributed by atoms with Gasteiger partial charge in [0.25, 0.3) is 0 Å². The van der Waals surface area contributed by atoms with E-state index in [1.54, 1.807) is 0 Å². The van der Waals surface area contributed by atoms with Gasteiger partial charge in [0.05, 0.1) is 0 Å². The lowest BCUT2D eigenvalue weighted by molar-refractivity contribution is 0.666. The van der Waals surface area contributed by atoms with Crippen molar-refractivity contribution in [3.63, 3.8) is 0 Å². The quantitative estimate of drug-likeness (QED) is 0.667. The Labute approximate surface area is 78.0 Å². The molecule has 0 radical (unpaired) electrons. The summed E-state index contributed by atoms with van der Waals surface area (Å²) in [7, 11) is -1.18. The highest BCUT2D eigenvalue weighted by Crippen LogP contribution is 2.35. The molecule has 12 heavy (non-hydrogen) atoms. The molecule has 2 heteroatoms. The van der Waals surface area contributed by atoms with Crippen LogP contribution in [0.15, 0.2) is 0 Å². The van der Waals surface area contributed by atoms with Gasteiger partial charge in [-0.25, -0.2) is 0 Å². The summed E-state index contributed by atoms with van der Waals surface area (Å²) in [4.78, 5) is 3.80. The molecule has 1 fully saturated rings. The molecule has 0 aliphatic heterocycles. The van der Waals surface area contributed by atoms with Crippen LogP contribution < -0.4 is 4.98 Å². The van der Waals surface area contributed by atoms with Crippen LogP contribution in [0.3, 0.4) is 0 Å². The molecule has 1 saturated carbocycles. The van der Waals surface area contributed by atoms with E-state index in [9.17, 15) is 0 Å². The highest BCUT2D eigenvalue weighted by Gasteiger charge is 2.36. The highest BCUT2D eigenvalue weighted by molar-refractivity contribution is 6.77. The first-order chi connectivity index (χ1) is 5.33. The summed E-state index contributed by atoms with van der Waals surface area (Å²) in [6.07, 6.45) is 2.92. The molecule has 1 aliphatic rings. The summed E-state index contributed by atoms with van der Waals surface area (Å²) in [6.45, 7) is 13.2. The Morgan fingerprint density at radius 2 is 1.75 bits per heavy atom. The predicted octanol–water partition coefficient (Wildman–Crippen LogP) is 2.99. The van der Waals surface area contributed by atoms with Crippen LogP contribution in [-0.2, 0) is 0 Å². The summed E-state index contributed by atoms with van der Waals surface area (Å²) in [5.41, 5.74) is 0. The first kappa shape index (κ1) is 10.3. The first-order valence-corrected chi connectivity index (χ1v) is 8.08. The molecule has 0 bridgehead atoms. The normalized spacial score (nSPS) is 19.8. The molecule has 0 atom stereocenters. The number of hydrogen-bond acceptors (Lipinski definition) is 1. The minimum absolute atomic E-state index is 0.488. The molecule has 0 heterocycles. The molecule has 72 valence electrons. The Morgan fingerprint density at radius 1 is 1.25 bits per heavy atom. The van der Waals surface area contributed by atoms with Crippen LogP contribution in [0.25, 0.3) is 0 Å². The smallest absolute Gasteiger partial charge is 0.124 e. The van der Waals surface area contributed by atoms with E-state index in [1.807, 2.05) is 0 Å². The lowest BCUT2D eigenvalue weighted by Crippen LogP contribution is -2.52. The third-order valence-corrected chi connectivity index (χ3v) is 8.24. The summed E-state index contributed by atoms with van der Waals surface area (Å²) < 4.78 is 0. The van der Waals surface area contributed by atoms with E-state index >= 15 is 0 Å². The second-order valence-electron chi connectivity index (χ2n) is 5.70. The Hall–Kier alpha value is 0.177. The average Bonchev–Trinajstić information content (AvgIpc) is 2.62. The van der Waals surface area contributed by atoms with Gasteiger partial charge in [-0.2, -0.15) is 0 Å². The van der Waals surface area contributed by atoms with Crippen LogP contribution >= 0.6 is 0 Å². The summed E-state index contributed by atoms with van der Waals surface area (Å²) in [5.74, 6) is 1.01. The van der Waals surface area contributed by atoms with Crippen molar-refractivity contribution in [2.75, 3.05) is 6.54 Å². The fourth-order valence-corrected chi connectivity index (χ4v) is 2.32. The molecule has 1 N–H and O–H groups in total. The van der Waals surface area contributed by atoms with Gasteiger partial charge in [0.1, 0.15) is 8.24 Å². The Balaban J connectivity index is 2.35. The van der Waals surface area contributed by atoms with Crippen LogP contribution in [-0.4, -0.2) is 14.8 Å². The van der Waals surface area contributed by atoms with E-state index in [0.717, 1.165) is 5.92 Å². The van der Waals surface area contributed by atoms with E-state index in [2.05, 4.69) is 38.8 Å². The lowest BCUT2D eigenvalue weighted by atomic mass is 10.2. The molecule has 0 aromatic carbocycles. The molecule has 0 aromatic heterocycles. The number of rotatable bonds is 3. The zero-order chi connectivity index (χ0) is 9.41. The van der Waals surface area contributed by atoms with Gasteiger partial charge in [-0.3, -0.25) is 0 Å².